The lowest BCUT2D eigenvalue weighted by molar-refractivity contribution is -0.124. The summed E-state index contributed by atoms with van der Waals surface area (Å²) in [5.74, 6) is 0.204. The predicted octanol–water partition coefficient (Wildman–Crippen LogP) is 2.55. The van der Waals surface area contributed by atoms with Crippen LogP contribution in [0.2, 0.25) is 0 Å². The van der Waals surface area contributed by atoms with E-state index in [2.05, 4.69) is 30.4 Å². The Bertz CT molecular complexity index is 444. The molecule has 0 heterocycles. The standard InChI is InChI=1S/C16H24N2O/c1-3-11(2)15(17)16(19)18-14-10-6-8-12-7-4-5-9-13(12)14/h4-5,7,9,11,14-15H,3,6,8,10,17H2,1-2H3,(H,18,19)/t11?,14?,15-/m0/s1. The number of hydrogen-bond acceptors (Lipinski definition) is 2. The first-order chi connectivity index (χ1) is 9.13. The molecule has 0 spiro atoms. The van der Waals surface area contributed by atoms with Crippen LogP contribution in [0.4, 0.5) is 0 Å². The van der Waals surface area contributed by atoms with Crippen LogP contribution in [0.3, 0.4) is 0 Å². The molecule has 0 aliphatic heterocycles. The lowest BCUT2D eigenvalue weighted by atomic mass is 9.87. The first kappa shape index (κ1) is 14.1. The van der Waals surface area contributed by atoms with Crippen molar-refractivity contribution in [3.63, 3.8) is 0 Å². The third-order valence-corrected chi connectivity index (χ3v) is 4.25. The monoisotopic (exact) mass is 260 g/mol. The second-order valence-electron chi connectivity index (χ2n) is 5.56. The molecule has 0 radical (unpaired) electrons. The maximum absolute atomic E-state index is 12.2. The molecule has 2 rings (SSSR count). The van der Waals surface area contributed by atoms with Gasteiger partial charge in [-0.1, -0.05) is 44.5 Å². The van der Waals surface area contributed by atoms with Gasteiger partial charge in [-0.3, -0.25) is 4.79 Å². The van der Waals surface area contributed by atoms with Gasteiger partial charge in [-0.15, -0.1) is 0 Å². The molecule has 1 aromatic rings. The van der Waals surface area contributed by atoms with Crippen LogP contribution in [0.1, 0.15) is 50.3 Å². The highest BCUT2D eigenvalue weighted by Gasteiger charge is 2.25. The number of hydrogen-bond donors (Lipinski definition) is 2. The zero-order chi connectivity index (χ0) is 13.8. The van der Waals surface area contributed by atoms with Crippen molar-refractivity contribution in [3.05, 3.63) is 35.4 Å². The van der Waals surface area contributed by atoms with Gasteiger partial charge in [-0.25, -0.2) is 0 Å². The molecule has 1 aliphatic carbocycles. The van der Waals surface area contributed by atoms with Crippen molar-refractivity contribution in [1.82, 2.24) is 5.32 Å². The summed E-state index contributed by atoms with van der Waals surface area (Å²) in [6.45, 7) is 4.09. The Kier molecular flexibility index (Phi) is 4.59. The number of carbonyl (C=O) groups excluding carboxylic acids is 1. The van der Waals surface area contributed by atoms with E-state index in [1.165, 1.54) is 11.1 Å². The lowest BCUT2D eigenvalue weighted by Crippen LogP contribution is -2.46. The summed E-state index contributed by atoms with van der Waals surface area (Å²) < 4.78 is 0. The number of amides is 1. The second kappa shape index (κ2) is 6.20. The number of nitrogens with one attached hydrogen (secondary N) is 1. The zero-order valence-electron chi connectivity index (χ0n) is 11.9. The van der Waals surface area contributed by atoms with E-state index in [1.54, 1.807) is 0 Å². The van der Waals surface area contributed by atoms with Crippen molar-refractivity contribution < 1.29 is 4.79 Å². The lowest BCUT2D eigenvalue weighted by Gasteiger charge is -2.28. The first-order valence-corrected chi connectivity index (χ1v) is 7.27. The maximum atomic E-state index is 12.2. The van der Waals surface area contributed by atoms with Gasteiger partial charge in [0.25, 0.3) is 0 Å². The van der Waals surface area contributed by atoms with Crippen LogP contribution in [-0.4, -0.2) is 11.9 Å². The van der Waals surface area contributed by atoms with E-state index in [4.69, 9.17) is 5.73 Å². The molecular weight excluding hydrogens is 236 g/mol. The van der Waals surface area contributed by atoms with E-state index >= 15 is 0 Å². The third-order valence-electron chi connectivity index (χ3n) is 4.25. The van der Waals surface area contributed by atoms with Crippen molar-refractivity contribution in [2.24, 2.45) is 11.7 Å². The van der Waals surface area contributed by atoms with Gasteiger partial charge < -0.3 is 11.1 Å². The number of nitrogens with two attached hydrogens (primary N) is 1. The molecule has 3 atom stereocenters. The highest BCUT2D eigenvalue weighted by atomic mass is 16.2. The molecule has 0 saturated carbocycles. The van der Waals surface area contributed by atoms with Gasteiger partial charge in [-0.2, -0.15) is 0 Å². The quantitative estimate of drug-likeness (QED) is 0.874. The van der Waals surface area contributed by atoms with Gasteiger partial charge in [0.05, 0.1) is 12.1 Å². The summed E-state index contributed by atoms with van der Waals surface area (Å²) in [5.41, 5.74) is 8.62. The van der Waals surface area contributed by atoms with Crippen LogP contribution in [0, 0.1) is 5.92 Å². The Balaban J connectivity index is 2.06. The molecule has 19 heavy (non-hydrogen) atoms. The third kappa shape index (κ3) is 3.16. The van der Waals surface area contributed by atoms with Crippen LogP contribution in [0.5, 0.6) is 0 Å². The molecule has 104 valence electrons. The van der Waals surface area contributed by atoms with E-state index in [9.17, 15) is 4.79 Å². The largest absolute Gasteiger partial charge is 0.348 e. The zero-order valence-corrected chi connectivity index (χ0v) is 11.9. The van der Waals surface area contributed by atoms with E-state index in [-0.39, 0.29) is 17.9 Å². The minimum Gasteiger partial charge on any atom is -0.348 e. The summed E-state index contributed by atoms with van der Waals surface area (Å²) in [5, 5.41) is 3.13. The number of fused-ring (bicyclic) bond motifs is 1. The molecule has 0 bridgehead atoms. The first-order valence-electron chi connectivity index (χ1n) is 7.27. The van der Waals surface area contributed by atoms with Crippen LogP contribution in [0.25, 0.3) is 0 Å². The average molecular weight is 260 g/mol. The number of aryl methyl sites for hydroxylation is 1. The van der Waals surface area contributed by atoms with E-state index in [0.717, 1.165) is 25.7 Å². The average Bonchev–Trinajstić information content (AvgIpc) is 2.46. The van der Waals surface area contributed by atoms with Crippen LogP contribution < -0.4 is 11.1 Å². The molecular formula is C16H24N2O. The molecule has 3 heteroatoms. The minimum absolute atomic E-state index is 0.0175. The van der Waals surface area contributed by atoms with E-state index < -0.39 is 6.04 Å². The molecule has 1 amide bonds. The molecule has 0 fully saturated rings. The van der Waals surface area contributed by atoms with Gasteiger partial charge in [0.1, 0.15) is 0 Å². The summed E-state index contributed by atoms with van der Waals surface area (Å²) in [6, 6.07) is 8.11. The van der Waals surface area contributed by atoms with Gasteiger partial charge in [0.15, 0.2) is 0 Å². The Hall–Kier alpha value is -1.35. The summed E-state index contributed by atoms with van der Waals surface area (Å²) in [7, 11) is 0. The van der Waals surface area contributed by atoms with Gasteiger partial charge in [0.2, 0.25) is 5.91 Å². The fourth-order valence-corrected chi connectivity index (χ4v) is 2.68. The molecule has 1 aromatic carbocycles. The van der Waals surface area contributed by atoms with Crippen LogP contribution in [-0.2, 0) is 11.2 Å². The maximum Gasteiger partial charge on any atom is 0.237 e. The predicted molar refractivity (Wildman–Crippen MR) is 77.7 cm³/mol. The van der Waals surface area contributed by atoms with E-state index in [0.29, 0.717) is 0 Å². The van der Waals surface area contributed by atoms with Crippen molar-refractivity contribution >= 4 is 5.91 Å². The van der Waals surface area contributed by atoms with Gasteiger partial charge >= 0.3 is 0 Å². The molecule has 1 aliphatic rings. The molecule has 3 nitrogen and oxygen atoms in total. The fourth-order valence-electron chi connectivity index (χ4n) is 2.68. The number of carbonyl (C=O) groups is 1. The topological polar surface area (TPSA) is 55.1 Å². The smallest absolute Gasteiger partial charge is 0.237 e. The van der Waals surface area contributed by atoms with Crippen LogP contribution in [0.15, 0.2) is 24.3 Å². The normalized spacial score (nSPS) is 21.3. The summed E-state index contributed by atoms with van der Waals surface area (Å²) in [4.78, 5) is 12.2. The highest BCUT2D eigenvalue weighted by molar-refractivity contribution is 5.82. The van der Waals surface area contributed by atoms with Crippen molar-refractivity contribution in [3.8, 4) is 0 Å². The molecule has 0 saturated heterocycles. The van der Waals surface area contributed by atoms with E-state index in [1.807, 2.05) is 13.0 Å². The fraction of sp³-hybridized carbons (Fsp3) is 0.562. The minimum atomic E-state index is -0.404. The Labute approximate surface area is 115 Å². The second-order valence-corrected chi connectivity index (χ2v) is 5.56. The Morgan fingerprint density at radius 3 is 2.95 bits per heavy atom. The van der Waals surface area contributed by atoms with Crippen molar-refractivity contribution in [2.75, 3.05) is 0 Å². The Morgan fingerprint density at radius 1 is 1.47 bits per heavy atom. The number of rotatable bonds is 4. The SMILES string of the molecule is CCC(C)[C@H](N)C(=O)NC1CCCc2ccccc21. The highest BCUT2D eigenvalue weighted by Crippen LogP contribution is 2.29. The number of benzene rings is 1. The van der Waals surface area contributed by atoms with Gasteiger partial charge in [-0.05, 0) is 36.3 Å². The van der Waals surface area contributed by atoms with Crippen molar-refractivity contribution in [2.45, 2.75) is 51.6 Å². The van der Waals surface area contributed by atoms with Gasteiger partial charge in [0, 0.05) is 0 Å². The molecule has 3 N–H and O–H groups in total. The molecule has 0 aromatic heterocycles. The Morgan fingerprint density at radius 2 is 2.21 bits per heavy atom. The molecule has 2 unspecified atom stereocenters. The summed E-state index contributed by atoms with van der Waals surface area (Å²) in [6.07, 6.45) is 4.17. The van der Waals surface area contributed by atoms with Crippen molar-refractivity contribution in [1.29, 1.82) is 0 Å². The van der Waals surface area contributed by atoms with Crippen LogP contribution >= 0.6 is 0 Å². The summed E-state index contributed by atoms with van der Waals surface area (Å²) >= 11 is 0.